The summed E-state index contributed by atoms with van der Waals surface area (Å²) in [4.78, 5) is 11.6. The third-order valence-electron chi connectivity index (χ3n) is 2.32. The molecule has 82 valence electrons. The number of halogens is 1. The van der Waals surface area contributed by atoms with Gasteiger partial charge in [-0.2, -0.15) is 0 Å². The lowest BCUT2D eigenvalue weighted by atomic mass is 10.00. The van der Waals surface area contributed by atoms with E-state index in [0.29, 0.717) is 24.4 Å². The molecule has 0 aliphatic rings. The van der Waals surface area contributed by atoms with Crippen LogP contribution in [0.25, 0.3) is 0 Å². The summed E-state index contributed by atoms with van der Waals surface area (Å²) < 4.78 is 0. The van der Waals surface area contributed by atoms with E-state index in [2.05, 4.69) is 0 Å². The van der Waals surface area contributed by atoms with Crippen molar-refractivity contribution in [2.75, 3.05) is 6.54 Å². The summed E-state index contributed by atoms with van der Waals surface area (Å²) in [5, 5.41) is 0.659. The molecule has 2 nitrogen and oxygen atoms in total. The third-order valence-corrected chi connectivity index (χ3v) is 2.69. The maximum Gasteiger partial charge on any atom is 0.137 e. The molecule has 0 spiro atoms. The Morgan fingerprint density at radius 1 is 1.47 bits per heavy atom. The molecule has 0 aliphatic carbocycles. The van der Waals surface area contributed by atoms with Crippen molar-refractivity contribution in [3.63, 3.8) is 0 Å². The van der Waals surface area contributed by atoms with Crippen molar-refractivity contribution in [1.82, 2.24) is 0 Å². The van der Waals surface area contributed by atoms with E-state index in [4.69, 9.17) is 17.3 Å². The minimum atomic E-state index is 0.195. The minimum Gasteiger partial charge on any atom is -0.330 e. The van der Waals surface area contributed by atoms with Crippen LogP contribution < -0.4 is 5.73 Å². The molecular weight excluding hydrogens is 210 g/mol. The summed E-state index contributed by atoms with van der Waals surface area (Å²) in [5.41, 5.74) is 6.36. The zero-order valence-corrected chi connectivity index (χ0v) is 9.63. The van der Waals surface area contributed by atoms with Gasteiger partial charge < -0.3 is 5.73 Å². The fourth-order valence-electron chi connectivity index (χ4n) is 1.40. The molecule has 0 heterocycles. The summed E-state index contributed by atoms with van der Waals surface area (Å²) in [6.45, 7) is 2.53. The second kappa shape index (κ2) is 5.89. The summed E-state index contributed by atoms with van der Waals surface area (Å²) in [5.74, 6) is 0.445. The molecule has 3 heteroatoms. The molecule has 0 aromatic heterocycles. The predicted octanol–water partition coefficient (Wildman–Crippen LogP) is 2.44. The van der Waals surface area contributed by atoms with Crippen molar-refractivity contribution in [3.8, 4) is 0 Å². The van der Waals surface area contributed by atoms with Gasteiger partial charge in [0, 0.05) is 17.9 Å². The normalized spacial score (nSPS) is 12.5. The van der Waals surface area contributed by atoms with Crippen molar-refractivity contribution in [2.45, 2.75) is 19.8 Å². The van der Waals surface area contributed by atoms with Crippen LogP contribution in [0.1, 0.15) is 18.9 Å². The molecule has 2 N–H and O–H groups in total. The summed E-state index contributed by atoms with van der Waals surface area (Å²) in [6, 6.07) is 7.43. The monoisotopic (exact) mass is 225 g/mol. The van der Waals surface area contributed by atoms with Crippen LogP contribution in [0.15, 0.2) is 24.3 Å². The van der Waals surface area contributed by atoms with Crippen molar-refractivity contribution in [1.29, 1.82) is 0 Å². The van der Waals surface area contributed by atoms with E-state index in [-0.39, 0.29) is 11.7 Å². The van der Waals surface area contributed by atoms with Crippen molar-refractivity contribution >= 4 is 17.4 Å². The quantitative estimate of drug-likeness (QED) is 0.837. The average molecular weight is 226 g/mol. The van der Waals surface area contributed by atoms with Crippen LogP contribution in [0, 0.1) is 5.92 Å². The first-order valence-electron chi connectivity index (χ1n) is 5.08. The first-order chi connectivity index (χ1) is 7.13. The standard InChI is InChI=1S/C12H16ClNO/c1-9(8-14)6-11(15)7-10-4-2-3-5-12(10)13/h2-5,9H,6-8,14H2,1H3. The molecule has 1 aromatic carbocycles. The molecule has 1 unspecified atom stereocenters. The number of rotatable bonds is 5. The topological polar surface area (TPSA) is 43.1 Å². The Hall–Kier alpha value is -0.860. The number of hydrogen-bond donors (Lipinski definition) is 1. The molecule has 0 saturated carbocycles. The highest BCUT2D eigenvalue weighted by atomic mass is 35.5. The summed E-state index contributed by atoms with van der Waals surface area (Å²) in [6.07, 6.45) is 0.936. The summed E-state index contributed by atoms with van der Waals surface area (Å²) in [7, 11) is 0. The van der Waals surface area contributed by atoms with E-state index in [1.54, 1.807) is 6.07 Å². The Balaban J connectivity index is 2.55. The Kier molecular flexibility index (Phi) is 4.79. The molecule has 15 heavy (non-hydrogen) atoms. The van der Waals surface area contributed by atoms with Crippen LogP contribution in [0.5, 0.6) is 0 Å². The van der Waals surface area contributed by atoms with Gasteiger partial charge in [-0.3, -0.25) is 4.79 Å². The molecule has 1 atom stereocenters. The number of nitrogens with two attached hydrogens (primary N) is 1. The predicted molar refractivity (Wildman–Crippen MR) is 63.0 cm³/mol. The Bertz CT molecular complexity index is 338. The highest BCUT2D eigenvalue weighted by molar-refractivity contribution is 6.31. The second-order valence-electron chi connectivity index (χ2n) is 3.85. The Morgan fingerprint density at radius 3 is 2.73 bits per heavy atom. The van der Waals surface area contributed by atoms with Crippen LogP contribution in [0.2, 0.25) is 5.02 Å². The molecule has 0 radical (unpaired) electrons. The lowest BCUT2D eigenvalue weighted by Gasteiger charge is -2.07. The summed E-state index contributed by atoms with van der Waals surface area (Å²) >= 11 is 5.96. The van der Waals surface area contributed by atoms with Crippen LogP contribution in [-0.2, 0) is 11.2 Å². The number of benzene rings is 1. The first kappa shape index (κ1) is 12.2. The smallest absolute Gasteiger partial charge is 0.137 e. The van der Waals surface area contributed by atoms with Gasteiger partial charge in [-0.25, -0.2) is 0 Å². The van der Waals surface area contributed by atoms with E-state index in [1.165, 1.54) is 0 Å². The third kappa shape index (κ3) is 4.02. The van der Waals surface area contributed by atoms with Gasteiger partial charge in [0.15, 0.2) is 0 Å². The number of hydrogen-bond acceptors (Lipinski definition) is 2. The van der Waals surface area contributed by atoms with Crippen LogP contribution in [0.4, 0.5) is 0 Å². The van der Waals surface area contributed by atoms with Gasteiger partial charge in [0.1, 0.15) is 5.78 Å². The van der Waals surface area contributed by atoms with E-state index >= 15 is 0 Å². The van der Waals surface area contributed by atoms with Gasteiger partial charge in [0.2, 0.25) is 0 Å². The fraction of sp³-hybridized carbons (Fsp3) is 0.417. The maximum atomic E-state index is 11.6. The lowest BCUT2D eigenvalue weighted by Crippen LogP contribution is -2.16. The van der Waals surface area contributed by atoms with Gasteiger partial charge in [-0.05, 0) is 24.1 Å². The number of ketones is 1. The maximum absolute atomic E-state index is 11.6. The van der Waals surface area contributed by atoms with Crippen molar-refractivity contribution < 1.29 is 4.79 Å². The van der Waals surface area contributed by atoms with Gasteiger partial charge in [-0.1, -0.05) is 36.7 Å². The van der Waals surface area contributed by atoms with E-state index in [0.717, 1.165) is 5.56 Å². The zero-order valence-electron chi connectivity index (χ0n) is 8.87. The van der Waals surface area contributed by atoms with E-state index in [1.807, 2.05) is 25.1 Å². The highest BCUT2D eigenvalue weighted by Crippen LogP contribution is 2.16. The molecule has 1 rings (SSSR count). The van der Waals surface area contributed by atoms with E-state index < -0.39 is 0 Å². The largest absolute Gasteiger partial charge is 0.330 e. The van der Waals surface area contributed by atoms with Crippen LogP contribution >= 0.6 is 11.6 Å². The Labute approximate surface area is 95.4 Å². The second-order valence-corrected chi connectivity index (χ2v) is 4.26. The Morgan fingerprint density at radius 2 is 2.13 bits per heavy atom. The van der Waals surface area contributed by atoms with Gasteiger partial charge in [-0.15, -0.1) is 0 Å². The average Bonchev–Trinajstić information content (AvgIpc) is 2.21. The van der Waals surface area contributed by atoms with Gasteiger partial charge in [0.05, 0.1) is 0 Å². The molecule has 0 aliphatic heterocycles. The number of Topliss-reactive ketones (excluding diaryl/α,β-unsaturated/α-hetero) is 1. The highest BCUT2D eigenvalue weighted by Gasteiger charge is 2.10. The lowest BCUT2D eigenvalue weighted by molar-refractivity contribution is -0.119. The minimum absolute atomic E-state index is 0.195. The first-order valence-corrected chi connectivity index (χ1v) is 5.46. The van der Waals surface area contributed by atoms with Crippen molar-refractivity contribution in [3.05, 3.63) is 34.9 Å². The fourth-order valence-corrected chi connectivity index (χ4v) is 1.60. The zero-order chi connectivity index (χ0) is 11.3. The number of carbonyl (C=O) groups excluding carboxylic acids is 1. The SMILES string of the molecule is CC(CN)CC(=O)Cc1ccccc1Cl. The molecule has 1 aromatic rings. The molecular formula is C12H16ClNO. The molecule has 0 amide bonds. The van der Waals surface area contributed by atoms with Gasteiger partial charge >= 0.3 is 0 Å². The van der Waals surface area contributed by atoms with Crippen LogP contribution in [0.3, 0.4) is 0 Å². The van der Waals surface area contributed by atoms with Crippen molar-refractivity contribution in [2.24, 2.45) is 11.7 Å². The molecule has 0 fully saturated rings. The van der Waals surface area contributed by atoms with E-state index in [9.17, 15) is 4.79 Å². The molecule has 0 saturated heterocycles. The number of carbonyl (C=O) groups is 1. The van der Waals surface area contributed by atoms with Gasteiger partial charge in [0.25, 0.3) is 0 Å². The van der Waals surface area contributed by atoms with Crippen LogP contribution in [-0.4, -0.2) is 12.3 Å². The molecule has 0 bridgehead atoms.